The molecule has 0 radical (unpaired) electrons. The summed E-state index contributed by atoms with van der Waals surface area (Å²) < 4.78 is 0. The van der Waals surface area contributed by atoms with Crippen molar-refractivity contribution in [1.29, 1.82) is 0 Å². The van der Waals surface area contributed by atoms with Crippen molar-refractivity contribution in [3.63, 3.8) is 0 Å². The van der Waals surface area contributed by atoms with Gasteiger partial charge in [-0.05, 0) is 36.3 Å². The standard InChI is InChI=1S/C26H38N2O4/c1-2-8-21(26(32)27-23(17-29)13-19-9-4-3-5-10-19)15-25(31)28-16-22-12-7-6-11-20(22)14-24(28)18-30/h2,6-7,11-12,19,21,23-24,29-30H,1,3-5,8-10,13-18H2,(H,27,32)/t21-,23+,24+/m1/s1. The molecule has 3 rings (SSSR count). The van der Waals surface area contributed by atoms with E-state index in [-0.39, 0.29) is 43.5 Å². The van der Waals surface area contributed by atoms with Crippen LogP contribution in [0.25, 0.3) is 0 Å². The quantitative estimate of drug-likeness (QED) is 0.486. The Morgan fingerprint density at radius 1 is 1.16 bits per heavy atom. The highest BCUT2D eigenvalue weighted by Crippen LogP contribution is 2.28. The molecule has 1 fully saturated rings. The number of allylic oxidation sites excluding steroid dienone is 1. The minimum Gasteiger partial charge on any atom is -0.394 e. The van der Waals surface area contributed by atoms with Crippen molar-refractivity contribution in [3.8, 4) is 0 Å². The molecule has 6 heteroatoms. The molecule has 0 unspecified atom stereocenters. The highest BCUT2D eigenvalue weighted by atomic mass is 16.3. The second kappa shape index (κ2) is 12.2. The molecule has 1 aromatic rings. The average molecular weight is 443 g/mol. The Kier molecular flexibility index (Phi) is 9.30. The first-order valence-corrected chi connectivity index (χ1v) is 12.0. The zero-order valence-corrected chi connectivity index (χ0v) is 19.0. The van der Waals surface area contributed by atoms with Gasteiger partial charge in [-0.15, -0.1) is 6.58 Å². The number of rotatable bonds is 10. The molecule has 32 heavy (non-hydrogen) atoms. The molecule has 6 nitrogen and oxygen atoms in total. The summed E-state index contributed by atoms with van der Waals surface area (Å²) in [7, 11) is 0. The number of fused-ring (bicyclic) bond motifs is 1. The van der Waals surface area contributed by atoms with Crippen LogP contribution >= 0.6 is 0 Å². The molecule has 2 amide bonds. The third-order valence-corrected chi connectivity index (χ3v) is 7.04. The topological polar surface area (TPSA) is 89.9 Å². The normalized spacial score (nSPS) is 20.8. The Hall–Kier alpha value is -2.18. The summed E-state index contributed by atoms with van der Waals surface area (Å²) in [5, 5.41) is 22.7. The molecule has 0 aromatic heterocycles. The van der Waals surface area contributed by atoms with Crippen molar-refractivity contribution in [3.05, 3.63) is 48.0 Å². The van der Waals surface area contributed by atoms with Gasteiger partial charge in [0.2, 0.25) is 11.8 Å². The van der Waals surface area contributed by atoms with Crippen molar-refractivity contribution < 1.29 is 19.8 Å². The fraction of sp³-hybridized carbons (Fsp3) is 0.615. The Balaban J connectivity index is 1.62. The smallest absolute Gasteiger partial charge is 0.224 e. The summed E-state index contributed by atoms with van der Waals surface area (Å²) >= 11 is 0. The first kappa shape index (κ1) is 24.5. The lowest BCUT2D eigenvalue weighted by Gasteiger charge is -2.36. The second-order valence-electron chi connectivity index (χ2n) is 9.38. The van der Waals surface area contributed by atoms with Gasteiger partial charge in [-0.2, -0.15) is 0 Å². The van der Waals surface area contributed by atoms with Crippen LogP contribution in [0.1, 0.15) is 62.5 Å². The zero-order chi connectivity index (χ0) is 22.9. The number of nitrogens with zero attached hydrogens (tertiary/aromatic N) is 1. The fourth-order valence-electron chi connectivity index (χ4n) is 5.18. The van der Waals surface area contributed by atoms with Gasteiger partial charge in [0.05, 0.1) is 31.2 Å². The third kappa shape index (κ3) is 6.42. The number of nitrogens with one attached hydrogen (secondary N) is 1. The molecule has 1 aliphatic heterocycles. The van der Waals surface area contributed by atoms with E-state index in [1.54, 1.807) is 11.0 Å². The van der Waals surface area contributed by atoms with Crippen LogP contribution in [0.2, 0.25) is 0 Å². The van der Waals surface area contributed by atoms with Crippen LogP contribution in [-0.2, 0) is 22.6 Å². The van der Waals surface area contributed by atoms with Gasteiger partial charge in [0.15, 0.2) is 0 Å². The predicted octanol–water partition coefficient (Wildman–Crippen LogP) is 2.96. The summed E-state index contributed by atoms with van der Waals surface area (Å²) in [6, 6.07) is 7.42. The van der Waals surface area contributed by atoms with Crippen LogP contribution in [0.4, 0.5) is 0 Å². The van der Waals surface area contributed by atoms with E-state index in [1.807, 2.05) is 24.3 Å². The molecule has 3 N–H and O–H groups in total. The Labute approximate surface area is 191 Å². The van der Waals surface area contributed by atoms with E-state index in [9.17, 15) is 19.8 Å². The van der Waals surface area contributed by atoms with Gasteiger partial charge in [0.1, 0.15) is 0 Å². The van der Waals surface area contributed by atoms with E-state index in [2.05, 4.69) is 11.9 Å². The number of aliphatic hydroxyl groups is 2. The van der Waals surface area contributed by atoms with Gasteiger partial charge in [-0.25, -0.2) is 0 Å². The molecule has 1 heterocycles. The molecule has 0 saturated heterocycles. The molecule has 1 aromatic carbocycles. The number of benzene rings is 1. The third-order valence-electron chi connectivity index (χ3n) is 7.04. The SMILES string of the molecule is C=CC[C@H](CC(=O)N1Cc2ccccc2C[C@H]1CO)C(=O)N[C@H](CO)CC1CCCCC1. The summed E-state index contributed by atoms with van der Waals surface area (Å²) in [5.41, 5.74) is 2.24. The maximum absolute atomic E-state index is 13.2. The van der Waals surface area contributed by atoms with Crippen molar-refractivity contribution in [2.24, 2.45) is 11.8 Å². The molecule has 0 bridgehead atoms. The molecule has 3 atom stereocenters. The largest absolute Gasteiger partial charge is 0.394 e. The van der Waals surface area contributed by atoms with Gasteiger partial charge < -0.3 is 20.4 Å². The van der Waals surface area contributed by atoms with Crippen molar-refractivity contribution in [2.45, 2.75) is 76.4 Å². The summed E-state index contributed by atoms with van der Waals surface area (Å²) in [5.74, 6) is -0.323. The molecular weight excluding hydrogens is 404 g/mol. The summed E-state index contributed by atoms with van der Waals surface area (Å²) in [6.45, 7) is 4.01. The molecule has 1 saturated carbocycles. The van der Waals surface area contributed by atoms with E-state index in [0.29, 0.717) is 25.3 Å². The number of amides is 2. The first-order valence-electron chi connectivity index (χ1n) is 12.0. The van der Waals surface area contributed by atoms with Crippen molar-refractivity contribution in [1.82, 2.24) is 10.2 Å². The Bertz CT molecular complexity index is 775. The monoisotopic (exact) mass is 442 g/mol. The second-order valence-corrected chi connectivity index (χ2v) is 9.38. The minimum absolute atomic E-state index is 0.0676. The fourth-order valence-corrected chi connectivity index (χ4v) is 5.18. The average Bonchev–Trinajstić information content (AvgIpc) is 2.82. The van der Waals surface area contributed by atoms with Gasteiger partial charge in [-0.3, -0.25) is 9.59 Å². The van der Waals surface area contributed by atoms with Crippen LogP contribution in [0, 0.1) is 11.8 Å². The van der Waals surface area contributed by atoms with Crippen LogP contribution in [0.5, 0.6) is 0 Å². The van der Waals surface area contributed by atoms with E-state index in [0.717, 1.165) is 30.4 Å². The van der Waals surface area contributed by atoms with Crippen molar-refractivity contribution >= 4 is 11.8 Å². The Morgan fingerprint density at radius 2 is 1.88 bits per heavy atom. The number of hydrogen-bond donors (Lipinski definition) is 3. The van der Waals surface area contributed by atoms with E-state index < -0.39 is 5.92 Å². The summed E-state index contributed by atoms with van der Waals surface area (Å²) in [4.78, 5) is 27.9. The highest BCUT2D eigenvalue weighted by molar-refractivity contribution is 5.86. The van der Waals surface area contributed by atoms with Crippen LogP contribution in [-0.4, -0.2) is 52.2 Å². The molecule has 2 aliphatic rings. The molecular formula is C26H38N2O4. The number of carbonyl (C=O) groups excluding carboxylic acids is 2. The van der Waals surface area contributed by atoms with E-state index in [1.165, 1.54) is 19.3 Å². The van der Waals surface area contributed by atoms with E-state index in [4.69, 9.17) is 0 Å². The van der Waals surface area contributed by atoms with Crippen LogP contribution in [0.3, 0.4) is 0 Å². The lowest BCUT2D eigenvalue weighted by atomic mass is 9.84. The minimum atomic E-state index is -0.531. The van der Waals surface area contributed by atoms with Crippen molar-refractivity contribution in [2.75, 3.05) is 13.2 Å². The maximum atomic E-state index is 13.2. The first-order chi connectivity index (χ1) is 15.5. The van der Waals surface area contributed by atoms with Gasteiger partial charge in [-0.1, -0.05) is 62.4 Å². The molecule has 1 aliphatic carbocycles. The van der Waals surface area contributed by atoms with Gasteiger partial charge in [0, 0.05) is 13.0 Å². The number of carbonyl (C=O) groups is 2. The maximum Gasteiger partial charge on any atom is 0.224 e. The van der Waals surface area contributed by atoms with Crippen LogP contribution < -0.4 is 5.32 Å². The highest BCUT2D eigenvalue weighted by Gasteiger charge is 2.32. The van der Waals surface area contributed by atoms with E-state index >= 15 is 0 Å². The predicted molar refractivity (Wildman–Crippen MR) is 125 cm³/mol. The molecule has 176 valence electrons. The summed E-state index contributed by atoms with van der Waals surface area (Å²) in [6.07, 6.45) is 9.54. The number of hydrogen-bond acceptors (Lipinski definition) is 4. The van der Waals surface area contributed by atoms with Gasteiger partial charge in [0.25, 0.3) is 0 Å². The van der Waals surface area contributed by atoms with Crippen LogP contribution in [0.15, 0.2) is 36.9 Å². The Morgan fingerprint density at radius 3 is 2.53 bits per heavy atom. The number of aliphatic hydroxyl groups excluding tert-OH is 2. The molecule has 0 spiro atoms. The lowest BCUT2D eigenvalue weighted by Crippen LogP contribution is -2.48. The zero-order valence-electron chi connectivity index (χ0n) is 19.0. The van der Waals surface area contributed by atoms with Gasteiger partial charge >= 0.3 is 0 Å². The lowest BCUT2D eigenvalue weighted by molar-refractivity contribution is -0.140.